The molecule has 0 atom stereocenters. The van der Waals surface area contributed by atoms with Gasteiger partial charge in [0.2, 0.25) is 5.91 Å². The topological polar surface area (TPSA) is 104 Å². The van der Waals surface area contributed by atoms with Crippen molar-refractivity contribution in [3.8, 4) is 0 Å². The van der Waals surface area contributed by atoms with E-state index in [4.69, 9.17) is 0 Å². The van der Waals surface area contributed by atoms with Crippen molar-refractivity contribution >= 4 is 38.9 Å². The molecule has 0 spiro atoms. The van der Waals surface area contributed by atoms with E-state index in [1.807, 2.05) is 13.8 Å². The van der Waals surface area contributed by atoms with Crippen molar-refractivity contribution in [2.24, 2.45) is 5.92 Å². The predicted octanol–water partition coefficient (Wildman–Crippen LogP) is 5.17. The predicted molar refractivity (Wildman–Crippen MR) is 131 cm³/mol. The number of hydrogen-bond acceptors (Lipinski definition) is 4. The molecule has 0 bridgehead atoms. The van der Waals surface area contributed by atoms with Crippen molar-refractivity contribution in [1.29, 1.82) is 0 Å². The molecule has 3 aromatic rings. The molecule has 0 heterocycles. The number of carbonyl (C=O) groups is 2. The first kappa shape index (κ1) is 24.9. The molecule has 0 aliphatic carbocycles. The maximum Gasteiger partial charge on any atom is 0.261 e. The molecular weight excluding hydrogens is 457 g/mol. The standard InChI is InChI=1S/C25H26FN3O4S/c1-16(2)14-24(30)27-19-8-10-20(11-9-19)28-25(31)18-4-6-21(7-5-18)29-34(32,33)22-12-13-23(26)17(3)15-22/h4-13,15-16,29H,14H2,1-3H3,(H,27,30)(H,28,31). The first-order valence-corrected chi connectivity index (χ1v) is 12.1. The van der Waals surface area contributed by atoms with Gasteiger partial charge in [-0.1, -0.05) is 13.8 Å². The molecule has 0 radical (unpaired) electrons. The molecule has 2 amide bonds. The number of sulfonamides is 1. The molecule has 0 aliphatic heterocycles. The molecule has 0 saturated heterocycles. The Morgan fingerprint density at radius 3 is 1.97 bits per heavy atom. The van der Waals surface area contributed by atoms with Gasteiger partial charge in [0.05, 0.1) is 4.90 Å². The first-order valence-electron chi connectivity index (χ1n) is 10.6. The Hall–Kier alpha value is -3.72. The number of rotatable bonds is 8. The number of nitrogens with one attached hydrogen (secondary N) is 3. The van der Waals surface area contributed by atoms with Crippen molar-refractivity contribution in [3.05, 3.63) is 83.7 Å². The molecule has 9 heteroatoms. The summed E-state index contributed by atoms with van der Waals surface area (Å²) in [6, 6.07) is 16.2. The van der Waals surface area contributed by atoms with E-state index < -0.39 is 15.8 Å². The molecule has 3 rings (SSSR count). The lowest BCUT2D eigenvalue weighted by atomic mass is 10.1. The van der Waals surface area contributed by atoms with E-state index in [1.165, 1.54) is 43.3 Å². The van der Waals surface area contributed by atoms with Crippen LogP contribution in [0.4, 0.5) is 21.5 Å². The number of anilines is 3. The van der Waals surface area contributed by atoms with E-state index in [-0.39, 0.29) is 33.9 Å². The fourth-order valence-electron chi connectivity index (χ4n) is 3.11. The van der Waals surface area contributed by atoms with Crippen LogP contribution in [0.2, 0.25) is 0 Å². The van der Waals surface area contributed by atoms with Crippen LogP contribution in [0.25, 0.3) is 0 Å². The summed E-state index contributed by atoms with van der Waals surface area (Å²) in [7, 11) is -3.90. The van der Waals surface area contributed by atoms with E-state index in [2.05, 4.69) is 15.4 Å². The van der Waals surface area contributed by atoms with Gasteiger partial charge in [0.1, 0.15) is 5.82 Å². The zero-order chi connectivity index (χ0) is 24.9. The Labute approximate surface area is 198 Å². The van der Waals surface area contributed by atoms with Gasteiger partial charge in [-0.15, -0.1) is 0 Å². The van der Waals surface area contributed by atoms with Gasteiger partial charge in [-0.05, 0) is 85.1 Å². The third-order valence-electron chi connectivity index (χ3n) is 4.86. The average Bonchev–Trinajstić information content (AvgIpc) is 2.76. The van der Waals surface area contributed by atoms with Gasteiger partial charge in [-0.3, -0.25) is 14.3 Å². The summed E-state index contributed by atoms with van der Waals surface area (Å²) in [4.78, 5) is 24.3. The average molecular weight is 484 g/mol. The first-order chi connectivity index (χ1) is 16.0. The summed E-state index contributed by atoms with van der Waals surface area (Å²) in [5.41, 5.74) is 2.00. The highest BCUT2D eigenvalue weighted by Crippen LogP contribution is 2.20. The van der Waals surface area contributed by atoms with Gasteiger partial charge >= 0.3 is 0 Å². The number of amides is 2. The molecule has 0 unspecified atom stereocenters. The lowest BCUT2D eigenvalue weighted by Gasteiger charge is -2.11. The van der Waals surface area contributed by atoms with Gasteiger partial charge in [0, 0.05) is 29.0 Å². The quantitative estimate of drug-likeness (QED) is 0.411. The van der Waals surface area contributed by atoms with Gasteiger partial charge in [0.25, 0.3) is 15.9 Å². The number of benzene rings is 3. The molecule has 0 fully saturated rings. The van der Waals surface area contributed by atoms with Crippen LogP contribution in [0.3, 0.4) is 0 Å². The fourth-order valence-corrected chi connectivity index (χ4v) is 4.25. The molecule has 3 N–H and O–H groups in total. The second-order valence-corrected chi connectivity index (χ2v) is 9.95. The van der Waals surface area contributed by atoms with Crippen LogP contribution in [0.15, 0.2) is 71.6 Å². The monoisotopic (exact) mass is 483 g/mol. The van der Waals surface area contributed by atoms with Gasteiger partial charge in [-0.25, -0.2) is 12.8 Å². The van der Waals surface area contributed by atoms with Gasteiger partial charge < -0.3 is 10.6 Å². The third-order valence-corrected chi connectivity index (χ3v) is 6.24. The maximum absolute atomic E-state index is 13.4. The Kier molecular flexibility index (Phi) is 7.68. The van der Waals surface area contributed by atoms with Crippen molar-refractivity contribution in [1.82, 2.24) is 0 Å². The molecule has 0 aromatic heterocycles. The number of carbonyl (C=O) groups excluding carboxylic acids is 2. The Bertz CT molecular complexity index is 1290. The summed E-state index contributed by atoms with van der Waals surface area (Å²) in [5, 5.41) is 5.55. The summed E-state index contributed by atoms with van der Waals surface area (Å²) in [6.45, 7) is 5.41. The van der Waals surface area contributed by atoms with E-state index in [0.29, 0.717) is 23.4 Å². The molecule has 7 nitrogen and oxygen atoms in total. The molecule has 0 aliphatic rings. The smallest absolute Gasteiger partial charge is 0.261 e. The molecule has 178 valence electrons. The van der Waals surface area contributed by atoms with E-state index in [1.54, 1.807) is 24.3 Å². The van der Waals surface area contributed by atoms with Crippen molar-refractivity contribution in [2.45, 2.75) is 32.1 Å². The van der Waals surface area contributed by atoms with E-state index >= 15 is 0 Å². The van der Waals surface area contributed by atoms with Crippen molar-refractivity contribution in [3.63, 3.8) is 0 Å². The minimum Gasteiger partial charge on any atom is -0.326 e. The third kappa shape index (κ3) is 6.64. The van der Waals surface area contributed by atoms with Crippen molar-refractivity contribution in [2.75, 3.05) is 15.4 Å². The lowest BCUT2D eigenvalue weighted by Crippen LogP contribution is -2.15. The molecular formula is C25H26FN3O4S. The highest BCUT2D eigenvalue weighted by Gasteiger charge is 2.16. The largest absolute Gasteiger partial charge is 0.326 e. The van der Waals surface area contributed by atoms with Gasteiger partial charge in [0.15, 0.2) is 0 Å². The lowest BCUT2D eigenvalue weighted by molar-refractivity contribution is -0.116. The number of hydrogen-bond donors (Lipinski definition) is 3. The minimum atomic E-state index is -3.90. The summed E-state index contributed by atoms with van der Waals surface area (Å²) in [6.07, 6.45) is 0.425. The second kappa shape index (κ2) is 10.5. The number of aryl methyl sites for hydroxylation is 1. The van der Waals surface area contributed by atoms with Crippen LogP contribution in [-0.2, 0) is 14.8 Å². The molecule has 3 aromatic carbocycles. The van der Waals surface area contributed by atoms with Crippen molar-refractivity contribution < 1.29 is 22.4 Å². The van der Waals surface area contributed by atoms with E-state index in [0.717, 1.165) is 6.07 Å². The van der Waals surface area contributed by atoms with Crippen LogP contribution in [0.5, 0.6) is 0 Å². The number of halogens is 1. The second-order valence-electron chi connectivity index (χ2n) is 8.27. The van der Waals surface area contributed by atoms with Crippen LogP contribution < -0.4 is 15.4 Å². The molecule has 0 saturated carbocycles. The summed E-state index contributed by atoms with van der Waals surface area (Å²) in [5.74, 6) is -0.676. The van der Waals surface area contributed by atoms with Crippen LogP contribution in [0.1, 0.15) is 36.2 Å². The normalized spacial score (nSPS) is 11.2. The zero-order valence-electron chi connectivity index (χ0n) is 19.1. The van der Waals surface area contributed by atoms with Crippen LogP contribution in [0, 0.1) is 18.7 Å². The summed E-state index contributed by atoms with van der Waals surface area (Å²) < 4.78 is 40.9. The fraction of sp³-hybridized carbons (Fsp3) is 0.200. The highest BCUT2D eigenvalue weighted by atomic mass is 32.2. The minimum absolute atomic E-state index is 0.0583. The Balaban J connectivity index is 1.61. The SMILES string of the molecule is Cc1cc(S(=O)(=O)Nc2ccc(C(=O)Nc3ccc(NC(=O)CC(C)C)cc3)cc2)ccc1F. The molecule has 34 heavy (non-hydrogen) atoms. The zero-order valence-corrected chi connectivity index (χ0v) is 19.9. The Morgan fingerprint density at radius 2 is 1.41 bits per heavy atom. The summed E-state index contributed by atoms with van der Waals surface area (Å²) >= 11 is 0. The van der Waals surface area contributed by atoms with E-state index in [9.17, 15) is 22.4 Å². The highest BCUT2D eigenvalue weighted by molar-refractivity contribution is 7.92. The Morgan fingerprint density at radius 1 is 0.853 bits per heavy atom. The maximum atomic E-state index is 13.4. The van der Waals surface area contributed by atoms with Crippen LogP contribution >= 0.6 is 0 Å². The van der Waals surface area contributed by atoms with Gasteiger partial charge in [-0.2, -0.15) is 0 Å². The van der Waals surface area contributed by atoms with Crippen LogP contribution in [-0.4, -0.2) is 20.2 Å².